The molecule has 0 radical (unpaired) electrons. The Hall–Kier alpha value is -1.65. The summed E-state index contributed by atoms with van der Waals surface area (Å²) in [6, 6.07) is 4.24. The van der Waals surface area contributed by atoms with Crippen LogP contribution in [0.5, 0.6) is 0 Å². The van der Waals surface area contributed by atoms with Crippen LogP contribution in [0.3, 0.4) is 0 Å². The summed E-state index contributed by atoms with van der Waals surface area (Å²) in [5.74, 6) is -0.283. The molecule has 2 aliphatic rings. The van der Waals surface area contributed by atoms with Crippen LogP contribution in [0.25, 0.3) is 0 Å². The Bertz CT molecular complexity index is 920. The molecule has 1 amide bonds. The van der Waals surface area contributed by atoms with Crippen LogP contribution in [-0.2, 0) is 21.0 Å². The van der Waals surface area contributed by atoms with E-state index in [1.807, 2.05) is 4.90 Å². The molecule has 0 saturated carbocycles. The lowest BCUT2D eigenvalue weighted by Gasteiger charge is -2.35. The van der Waals surface area contributed by atoms with Gasteiger partial charge in [-0.1, -0.05) is 12.1 Å². The van der Waals surface area contributed by atoms with Gasteiger partial charge in [-0.05, 0) is 52.2 Å². The van der Waals surface area contributed by atoms with Crippen molar-refractivity contribution in [2.75, 3.05) is 39.3 Å². The van der Waals surface area contributed by atoms with Gasteiger partial charge in [-0.15, -0.1) is 0 Å². The molecule has 0 bridgehead atoms. The normalized spacial score (nSPS) is 20.9. The molecule has 0 unspecified atom stereocenters. The summed E-state index contributed by atoms with van der Waals surface area (Å²) in [6.45, 7) is 9.53. The zero-order valence-electron chi connectivity index (χ0n) is 18.9. The second-order valence-electron chi connectivity index (χ2n) is 9.51. The van der Waals surface area contributed by atoms with Crippen molar-refractivity contribution >= 4 is 15.9 Å². The van der Waals surface area contributed by atoms with Crippen LogP contribution in [0.2, 0.25) is 0 Å². The molecule has 2 saturated heterocycles. The van der Waals surface area contributed by atoms with E-state index in [9.17, 15) is 26.4 Å². The third kappa shape index (κ3) is 5.46. The summed E-state index contributed by atoms with van der Waals surface area (Å²) in [5.41, 5.74) is -1.13. The largest absolute Gasteiger partial charge is 0.417 e. The van der Waals surface area contributed by atoms with Crippen molar-refractivity contribution in [2.24, 2.45) is 5.92 Å². The molecule has 0 spiro atoms. The minimum absolute atomic E-state index is 0.0218. The molecule has 10 heteroatoms. The summed E-state index contributed by atoms with van der Waals surface area (Å²) in [7, 11) is -4.30. The van der Waals surface area contributed by atoms with Crippen molar-refractivity contribution in [3.8, 4) is 0 Å². The quantitative estimate of drug-likeness (QED) is 0.672. The van der Waals surface area contributed by atoms with E-state index in [2.05, 4.69) is 25.7 Å². The van der Waals surface area contributed by atoms with Gasteiger partial charge in [0.05, 0.1) is 10.5 Å². The van der Waals surface area contributed by atoms with Gasteiger partial charge >= 0.3 is 6.18 Å². The SMILES string of the molecule is CC(C)(C)N1CCCN(C(=O)C2CCN(S(=O)(=O)c3ccccc3C(F)(F)F)CC2)CC1. The monoisotopic (exact) mass is 475 g/mol. The predicted molar refractivity (Wildman–Crippen MR) is 115 cm³/mol. The highest BCUT2D eigenvalue weighted by Gasteiger charge is 2.40. The molecule has 2 aliphatic heterocycles. The molecule has 180 valence electrons. The molecule has 2 heterocycles. The van der Waals surface area contributed by atoms with Crippen molar-refractivity contribution in [3.63, 3.8) is 0 Å². The summed E-state index contributed by atoms with van der Waals surface area (Å²) >= 11 is 0. The van der Waals surface area contributed by atoms with Crippen LogP contribution < -0.4 is 0 Å². The molecule has 0 N–H and O–H groups in total. The smallest absolute Gasteiger partial charge is 0.341 e. The molecule has 0 aromatic heterocycles. The van der Waals surface area contributed by atoms with Gasteiger partial charge in [-0.25, -0.2) is 8.42 Å². The van der Waals surface area contributed by atoms with Crippen molar-refractivity contribution in [1.29, 1.82) is 0 Å². The second kappa shape index (κ2) is 9.30. The lowest BCUT2D eigenvalue weighted by molar-refractivity contribution is -0.140. The van der Waals surface area contributed by atoms with E-state index in [-0.39, 0.29) is 30.5 Å². The van der Waals surface area contributed by atoms with Gasteiger partial charge in [0.2, 0.25) is 15.9 Å². The van der Waals surface area contributed by atoms with Gasteiger partial charge in [0.1, 0.15) is 0 Å². The number of sulfonamides is 1. The van der Waals surface area contributed by atoms with Crippen LogP contribution in [-0.4, -0.2) is 73.2 Å². The van der Waals surface area contributed by atoms with Crippen LogP contribution in [0.4, 0.5) is 13.2 Å². The van der Waals surface area contributed by atoms with Crippen LogP contribution in [0, 0.1) is 5.92 Å². The highest BCUT2D eigenvalue weighted by atomic mass is 32.2. The molecular formula is C22H32F3N3O3S. The topological polar surface area (TPSA) is 60.9 Å². The maximum Gasteiger partial charge on any atom is 0.417 e. The van der Waals surface area contributed by atoms with Crippen molar-refractivity contribution in [3.05, 3.63) is 29.8 Å². The number of carbonyl (C=O) groups is 1. The van der Waals surface area contributed by atoms with Crippen molar-refractivity contribution in [1.82, 2.24) is 14.1 Å². The first-order valence-corrected chi connectivity index (χ1v) is 12.5. The highest BCUT2D eigenvalue weighted by molar-refractivity contribution is 7.89. The number of rotatable bonds is 3. The number of halogens is 3. The molecule has 0 atom stereocenters. The maximum absolute atomic E-state index is 13.3. The Morgan fingerprint density at radius 1 is 0.938 bits per heavy atom. The number of amides is 1. The summed E-state index contributed by atoms with van der Waals surface area (Å²) < 4.78 is 66.9. The fraction of sp³-hybridized carbons (Fsp3) is 0.682. The van der Waals surface area contributed by atoms with E-state index < -0.39 is 26.7 Å². The van der Waals surface area contributed by atoms with Gasteiger partial charge in [-0.3, -0.25) is 9.69 Å². The first-order chi connectivity index (χ1) is 14.8. The molecule has 32 heavy (non-hydrogen) atoms. The number of nitrogens with zero attached hydrogens (tertiary/aromatic N) is 3. The average molecular weight is 476 g/mol. The van der Waals surface area contributed by atoms with Crippen LogP contribution in [0.15, 0.2) is 29.2 Å². The minimum Gasteiger partial charge on any atom is -0.341 e. The fourth-order valence-corrected chi connectivity index (χ4v) is 6.16. The highest BCUT2D eigenvalue weighted by Crippen LogP contribution is 2.36. The van der Waals surface area contributed by atoms with E-state index >= 15 is 0 Å². The zero-order chi connectivity index (χ0) is 23.7. The first kappa shape index (κ1) is 25.0. The predicted octanol–water partition coefficient (Wildman–Crippen LogP) is 3.44. The number of alkyl halides is 3. The van der Waals surface area contributed by atoms with E-state index in [1.165, 1.54) is 12.1 Å². The number of benzene rings is 1. The zero-order valence-corrected chi connectivity index (χ0v) is 19.7. The lowest BCUT2D eigenvalue weighted by Crippen LogP contribution is -2.46. The average Bonchev–Trinajstić information content (AvgIpc) is 2.99. The number of hydrogen-bond donors (Lipinski definition) is 0. The molecule has 6 nitrogen and oxygen atoms in total. The van der Waals surface area contributed by atoms with Crippen LogP contribution >= 0.6 is 0 Å². The van der Waals surface area contributed by atoms with E-state index in [4.69, 9.17) is 0 Å². The standard InChI is InChI=1S/C22H32F3N3O3S/c1-21(2,3)27-12-6-11-26(15-16-27)20(29)17-9-13-28(14-10-17)32(30,31)19-8-5-4-7-18(19)22(23,24)25/h4-5,7-8,17H,6,9-16H2,1-3H3. The summed E-state index contributed by atoms with van der Waals surface area (Å²) in [6.07, 6.45) is -3.26. The first-order valence-electron chi connectivity index (χ1n) is 11.0. The number of piperidine rings is 1. The van der Waals surface area contributed by atoms with Gasteiger partial charge in [0.15, 0.2) is 0 Å². The number of carbonyl (C=O) groups excluding carboxylic acids is 1. The van der Waals surface area contributed by atoms with Crippen LogP contribution in [0.1, 0.15) is 45.6 Å². The van der Waals surface area contributed by atoms with Gasteiger partial charge in [0.25, 0.3) is 0 Å². The van der Waals surface area contributed by atoms with E-state index in [0.29, 0.717) is 25.9 Å². The van der Waals surface area contributed by atoms with E-state index in [1.54, 1.807) is 0 Å². The third-order valence-corrected chi connectivity index (χ3v) is 8.33. The molecule has 0 aliphatic carbocycles. The van der Waals surface area contributed by atoms with Crippen molar-refractivity contribution in [2.45, 2.75) is 56.6 Å². The maximum atomic E-state index is 13.3. The Kier molecular flexibility index (Phi) is 7.26. The fourth-order valence-electron chi connectivity index (χ4n) is 4.47. The van der Waals surface area contributed by atoms with Crippen molar-refractivity contribution < 1.29 is 26.4 Å². The Morgan fingerprint density at radius 3 is 2.16 bits per heavy atom. The molecule has 1 aromatic carbocycles. The Balaban J connectivity index is 1.65. The second-order valence-corrected chi connectivity index (χ2v) is 11.4. The van der Waals surface area contributed by atoms with Gasteiger partial charge in [-0.2, -0.15) is 17.5 Å². The third-order valence-electron chi connectivity index (χ3n) is 6.37. The summed E-state index contributed by atoms with van der Waals surface area (Å²) in [5, 5.41) is 0. The minimum atomic E-state index is -4.76. The Morgan fingerprint density at radius 2 is 1.56 bits per heavy atom. The summed E-state index contributed by atoms with van der Waals surface area (Å²) in [4.78, 5) is 16.6. The molecular weight excluding hydrogens is 443 g/mol. The number of hydrogen-bond acceptors (Lipinski definition) is 4. The lowest BCUT2D eigenvalue weighted by atomic mass is 9.96. The van der Waals surface area contributed by atoms with E-state index in [0.717, 1.165) is 35.9 Å². The molecule has 3 rings (SSSR count). The van der Waals surface area contributed by atoms with Gasteiger partial charge in [0, 0.05) is 50.7 Å². The Labute approximate surface area is 188 Å². The van der Waals surface area contributed by atoms with Gasteiger partial charge < -0.3 is 4.90 Å². The molecule has 2 fully saturated rings. The molecule has 1 aromatic rings.